The SMILES string of the molecule is CO[C@H]1/C=C/O[C@@]2(C)Oc3c(C)c4c5c(=O)c(c6oc7cc(OCC[N+](C)(C)C)cc(=O)c7nc6c5c3=C2O)NC(=O)/C(C)=C\C=C\C(C)C[C@@H](C)CC(O4)C(OC(C)=O)[C@@H]1C. The van der Waals surface area contributed by atoms with E-state index in [0.717, 1.165) is 0 Å². The summed E-state index contributed by atoms with van der Waals surface area (Å²) in [6, 6.07) is 2.83. The van der Waals surface area contributed by atoms with E-state index in [1.807, 2.05) is 34.1 Å². The lowest BCUT2D eigenvalue weighted by molar-refractivity contribution is -0.870. The molecule has 330 valence electrons. The molecule has 3 unspecified atom stereocenters. The van der Waals surface area contributed by atoms with Crippen LogP contribution in [0.25, 0.3) is 38.7 Å². The van der Waals surface area contributed by atoms with Crippen molar-refractivity contribution in [2.45, 2.75) is 85.4 Å². The van der Waals surface area contributed by atoms with Crippen LogP contribution in [0.15, 0.2) is 62.3 Å². The standard InChI is InChI=1S/C47H55N3O12/c1-23-13-12-14-25(3)46(55)49-39-40(53)35-34(38-44(39)60-32-22-29(21-30(52)37(32)48-38)57-18-16-50(8,9)10)36-43-27(5)42(35)61-33(20-24(2)19-23)41(59-28(6)51)26(4)31(56-11)15-17-58-47(7,62-43)45(36)54/h12-15,17,21-24,26,31,33,41H,16,18-20H2,1-11H3,(H-,48,49,52,53,54,55)/p+1/b13-12+,17-15+,25-14-/t23?,24-,26-,31+,33?,41?,47+/m1/s1. The minimum atomic E-state index is -1.84. The van der Waals surface area contributed by atoms with Crippen LogP contribution in [0.4, 0.5) is 5.69 Å². The van der Waals surface area contributed by atoms with Crippen LogP contribution >= 0.6 is 0 Å². The number of rotatable bonds is 6. The van der Waals surface area contributed by atoms with Gasteiger partial charge in [-0.25, -0.2) is 4.98 Å². The molecule has 0 saturated heterocycles. The predicted octanol–water partition coefficient (Wildman–Crippen LogP) is 6.12. The molecule has 0 spiro atoms. The Morgan fingerprint density at radius 1 is 1.03 bits per heavy atom. The maximum atomic E-state index is 15.5. The maximum absolute atomic E-state index is 15.5. The van der Waals surface area contributed by atoms with Gasteiger partial charge < -0.3 is 47.7 Å². The number of esters is 1. The third-order valence-corrected chi connectivity index (χ3v) is 11.8. The van der Waals surface area contributed by atoms with Gasteiger partial charge in [0, 0.05) is 55.5 Å². The topological polar surface area (TPSA) is 182 Å². The molecule has 1 amide bonds. The Kier molecular flexibility index (Phi) is 11.9. The number of quaternary nitrogens is 1. The van der Waals surface area contributed by atoms with E-state index < -0.39 is 58.5 Å². The lowest BCUT2D eigenvalue weighted by atomic mass is 9.86. The van der Waals surface area contributed by atoms with Crippen LogP contribution in [-0.2, 0) is 23.8 Å². The van der Waals surface area contributed by atoms with Crippen LogP contribution in [0, 0.1) is 24.7 Å². The van der Waals surface area contributed by atoms with Crippen molar-refractivity contribution in [3.05, 3.63) is 79.5 Å². The van der Waals surface area contributed by atoms with Crippen molar-refractivity contribution in [1.82, 2.24) is 4.98 Å². The van der Waals surface area contributed by atoms with Crippen molar-refractivity contribution >= 4 is 56.3 Å². The van der Waals surface area contributed by atoms with Crippen molar-refractivity contribution in [3.63, 3.8) is 0 Å². The first-order valence-corrected chi connectivity index (χ1v) is 20.9. The van der Waals surface area contributed by atoms with E-state index in [9.17, 15) is 19.5 Å². The molecule has 15 heteroatoms. The van der Waals surface area contributed by atoms with E-state index in [-0.39, 0.29) is 73.0 Å². The zero-order chi connectivity index (χ0) is 45.0. The van der Waals surface area contributed by atoms with Crippen LogP contribution in [0.1, 0.15) is 59.9 Å². The van der Waals surface area contributed by atoms with E-state index in [0.29, 0.717) is 41.6 Å². The maximum Gasteiger partial charge on any atom is 0.307 e. The van der Waals surface area contributed by atoms with Gasteiger partial charge in [0.25, 0.3) is 5.91 Å². The van der Waals surface area contributed by atoms with Gasteiger partial charge in [0.1, 0.15) is 53.8 Å². The number of nitrogens with zero attached hydrogens (tertiary/aromatic N) is 2. The summed E-state index contributed by atoms with van der Waals surface area (Å²) >= 11 is 0. The Labute approximate surface area is 359 Å². The Balaban J connectivity index is 1.64. The van der Waals surface area contributed by atoms with Gasteiger partial charge in [-0.15, -0.1) is 0 Å². The molecule has 0 aliphatic carbocycles. The number of carbonyl (C=O) groups is 2. The summed E-state index contributed by atoms with van der Waals surface area (Å²) in [5, 5.41) is 15.0. The van der Waals surface area contributed by atoms with Crippen LogP contribution < -0.4 is 35.6 Å². The fraction of sp³-hybridized carbons (Fsp3) is 0.468. The molecule has 3 aromatic carbocycles. The zero-order valence-corrected chi connectivity index (χ0v) is 37.2. The minimum Gasteiger partial charge on any atom is -0.505 e. The fourth-order valence-electron chi connectivity index (χ4n) is 8.50. The molecule has 62 heavy (non-hydrogen) atoms. The second kappa shape index (κ2) is 16.7. The summed E-state index contributed by atoms with van der Waals surface area (Å²) in [7, 11) is 7.57. The van der Waals surface area contributed by atoms with Crippen molar-refractivity contribution in [2.75, 3.05) is 46.7 Å². The second-order valence-corrected chi connectivity index (χ2v) is 18.0. The van der Waals surface area contributed by atoms with Crippen molar-refractivity contribution in [1.29, 1.82) is 0 Å². The number of aliphatic hydroxyl groups is 1. The molecule has 15 nitrogen and oxygen atoms in total. The average Bonchev–Trinajstić information content (AvgIpc) is 3.45. The molecule has 7 atom stereocenters. The van der Waals surface area contributed by atoms with E-state index in [2.05, 4.69) is 19.2 Å². The third-order valence-electron chi connectivity index (χ3n) is 11.8. The second-order valence-electron chi connectivity index (χ2n) is 18.0. The van der Waals surface area contributed by atoms with Gasteiger partial charge in [-0.1, -0.05) is 39.0 Å². The monoisotopic (exact) mass is 854 g/mol. The molecule has 6 bridgehead atoms. The number of fused-ring (bicyclic) bond motifs is 8. The number of ether oxygens (including phenoxy) is 6. The van der Waals surface area contributed by atoms with Crippen molar-refractivity contribution in [2.24, 2.45) is 17.8 Å². The van der Waals surface area contributed by atoms with Gasteiger partial charge in [0.05, 0.1) is 44.1 Å². The first kappa shape index (κ1) is 44.1. The highest BCUT2D eigenvalue weighted by Crippen LogP contribution is 2.44. The number of nitrogens with one attached hydrogen (secondary N) is 1. The Bertz CT molecular complexity index is 2750. The number of aliphatic hydroxyl groups excluding tert-OH is 1. The summed E-state index contributed by atoms with van der Waals surface area (Å²) in [5.41, 5.74) is -1.27. The van der Waals surface area contributed by atoms with E-state index in [1.54, 1.807) is 32.1 Å². The number of benzene rings is 3. The number of likely N-dealkylation sites (N-methyl/N-ethyl adjacent to an activating group) is 1. The number of carbonyl (C=O) groups excluding carboxylic acids is 2. The molecule has 0 radical (unpaired) electrons. The molecule has 3 aliphatic rings. The van der Waals surface area contributed by atoms with E-state index in [4.69, 9.17) is 37.8 Å². The Morgan fingerprint density at radius 2 is 1.77 bits per heavy atom. The molecule has 0 fully saturated rings. The quantitative estimate of drug-likeness (QED) is 0.0981. The first-order valence-electron chi connectivity index (χ1n) is 20.9. The summed E-state index contributed by atoms with van der Waals surface area (Å²) < 4.78 is 44.9. The Morgan fingerprint density at radius 3 is 2.47 bits per heavy atom. The lowest BCUT2D eigenvalue weighted by Crippen LogP contribution is -2.45. The molecule has 4 aromatic rings. The highest BCUT2D eigenvalue weighted by molar-refractivity contribution is 6.17. The molecule has 0 saturated carbocycles. The summed E-state index contributed by atoms with van der Waals surface area (Å²) in [6.07, 6.45) is 7.03. The number of hydrogen-bond acceptors (Lipinski definition) is 13. The predicted molar refractivity (Wildman–Crippen MR) is 234 cm³/mol. The van der Waals surface area contributed by atoms with Crippen LogP contribution in [0.2, 0.25) is 0 Å². The number of methoxy groups -OCH3 is 1. The van der Waals surface area contributed by atoms with Crippen molar-refractivity contribution in [3.8, 4) is 17.2 Å². The Hall–Kier alpha value is -5.93. The molecule has 2 N–H and O–H groups in total. The average molecular weight is 855 g/mol. The van der Waals surface area contributed by atoms with E-state index >= 15 is 4.79 Å². The summed E-state index contributed by atoms with van der Waals surface area (Å²) in [5.74, 6) is -3.51. The van der Waals surface area contributed by atoms with Gasteiger partial charge in [-0.05, 0) is 44.6 Å². The number of anilines is 1. The lowest BCUT2D eigenvalue weighted by Gasteiger charge is -2.36. The third kappa shape index (κ3) is 8.35. The van der Waals surface area contributed by atoms with Crippen molar-refractivity contribution < 1.29 is 52.0 Å². The largest absolute Gasteiger partial charge is 0.505 e. The van der Waals surface area contributed by atoms with Gasteiger partial charge in [0.2, 0.25) is 10.9 Å². The van der Waals surface area contributed by atoms with Gasteiger partial charge >= 0.3 is 11.8 Å². The van der Waals surface area contributed by atoms with Crippen LogP contribution in [0.3, 0.4) is 0 Å². The number of amides is 1. The van der Waals surface area contributed by atoms with E-state index in [1.165, 1.54) is 39.4 Å². The normalized spacial score (nSPS) is 27.4. The van der Waals surface area contributed by atoms with Gasteiger partial charge in [0.15, 0.2) is 22.4 Å². The number of hydrogen-bond donors (Lipinski definition) is 2. The molecule has 4 heterocycles. The van der Waals surface area contributed by atoms with Crippen LogP contribution in [0.5, 0.6) is 17.2 Å². The zero-order valence-electron chi connectivity index (χ0n) is 37.2. The van der Waals surface area contributed by atoms with Crippen LogP contribution in [-0.4, -0.2) is 92.0 Å². The summed E-state index contributed by atoms with van der Waals surface area (Å²) in [4.78, 5) is 61.2. The molecule has 3 aliphatic heterocycles. The molecule has 7 rings (SSSR count). The highest BCUT2D eigenvalue weighted by atomic mass is 16.7. The molecule has 1 aromatic heterocycles. The number of aromatic nitrogens is 1. The van der Waals surface area contributed by atoms with Gasteiger partial charge in [-0.2, -0.15) is 0 Å². The highest BCUT2D eigenvalue weighted by Gasteiger charge is 2.45. The van der Waals surface area contributed by atoms with Gasteiger partial charge in [-0.3, -0.25) is 19.2 Å². The number of allylic oxidation sites excluding steroid dienone is 3. The smallest absolute Gasteiger partial charge is 0.307 e. The minimum absolute atomic E-state index is 0.00378. The molecular weight excluding hydrogens is 799 g/mol. The first-order chi connectivity index (χ1) is 29.2. The summed E-state index contributed by atoms with van der Waals surface area (Å²) in [6.45, 7) is 13.1. The fourth-order valence-corrected chi connectivity index (χ4v) is 8.50. The molecular formula is C47H56N3O12+.